The van der Waals surface area contributed by atoms with Crippen LogP contribution in [0.1, 0.15) is 34.5 Å². The first-order valence-electron chi connectivity index (χ1n) is 5.61. The van der Waals surface area contributed by atoms with Gasteiger partial charge in [0.1, 0.15) is 0 Å². The number of hydrogen-bond donors (Lipinski definition) is 1. The van der Waals surface area contributed by atoms with Crippen molar-refractivity contribution in [2.24, 2.45) is 5.73 Å². The Hall–Kier alpha value is -1.12. The lowest BCUT2D eigenvalue weighted by atomic mass is 9.97. The van der Waals surface area contributed by atoms with Gasteiger partial charge in [-0.2, -0.15) is 0 Å². The second-order valence-corrected chi connectivity index (χ2v) is 4.95. The molecule has 2 N–H and O–H groups in total. The van der Waals surface area contributed by atoms with Crippen LogP contribution in [-0.2, 0) is 6.42 Å². The fourth-order valence-corrected chi connectivity index (χ4v) is 2.95. The maximum Gasteiger partial charge on any atom is 0.0651 e. The van der Waals surface area contributed by atoms with Crippen LogP contribution in [0.4, 0.5) is 0 Å². The Morgan fingerprint density at radius 1 is 1.25 bits per heavy atom. The molecule has 0 fully saturated rings. The minimum Gasteiger partial charge on any atom is -0.320 e. The van der Waals surface area contributed by atoms with E-state index < -0.39 is 0 Å². The monoisotopic (exact) mass is 231 g/mol. The van der Waals surface area contributed by atoms with Crippen LogP contribution in [0.2, 0.25) is 0 Å². The molecule has 0 aliphatic heterocycles. The third-order valence-electron chi connectivity index (χ3n) is 2.96. The lowest BCUT2D eigenvalue weighted by Gasteiger charge is -2.15. The van der Waals surface area contributed by atoms with E-state index in [1.807, 2.05) is 0 Å². The Kier molecular flexibility index (Phi) is 3.42. The molecule has 0 amide bonds. The molecule has 0 aliphatic carbocycles. The van der Waals surface area contributed by atoms with E-state index in [4.69, 9.17) is 5.73 Å². The van der Waals surface area contributed by atoms with Crippen molar-refractivity contribution >= 4 is 11.3 Å². The van der Waals surface area contributed by atoms with Gasteiger partial charge in [-0.05, 0) is 41.5 Å². The predicted octanol–water partition coefficient (Wildman–Crippen LogP) is 3.67. The van der Waals surface area contributed by atoms with E-state index in [1.165, 1.54) is 21.6 Å². The highest BCUT2D eigenvalue weighted by Gasteiger charge is 2.14. The number of thiophene rings is 1. The minimum atomic E-state index is 0.0242. The first kappa shape index (κ1) is 11.4. The van der Waals surface area contributed by atoms with E-state index in [0.29, 0.717) is 0 Å². The van der Waals surface area contributed by atoms with Crippen LogP contribution in [0.3, 0.4) is 0 Å². The molecule has 1 aromatic carbocycles. The summed E-state index contributed by atoms with van der Waals surface area (Å²) in [6, 6.07) is 10.6. The topological polar surface area (TPSA) is 26.0 Å². The summed E-state index contributed by atoms with van der Waals surface area (Å²) in [6.45, 7) is 4.30. The summed E-state index contributed by atoms with van der Waals surface area (Å²) in [4.78, 5) is 1.28. The van der Waals surface area contributed by atoms with Crippen molar-refractivity contribution in [3.63, 3.8) is 0 Å². The van der Waals surface area contributed by atoms with Crippen LogP contribution in [-0.4, -0.2) is 0 Å². The molecule has 0 aliphatic rings. The molecule has 1 unspecified atom stereocenters. The minimum absolute atomic E-state index is 0.0242. The van der Waals surface area contributed by atoms with Crippen molar-refractivity contribution in [2.75, 3.05) is 0 Å². The zero-order valence-electron chi connectivity index (χ0n) is 9.73. The summed E-state index contributed by atoms with van der Waals surface area (Å²) in [5.74, 6) is 0. The van der Waals surface area contributed by atoms with Crippen molar-refractivity contribution in [1.82, 2.24) is 0 Å². The standard InChI is InChI=1S/C14H17NS/c1-3-11-6-4-5-7-12(11)13(15)14-10(2)8-9-16-14/h4-9,13H,3,15H2,1-2H3. The smallest absolute Gasteiger partial charge is 0.0651 e. The molecule has 84 valence electrons. The second kappa shape index (κ2) is 4.81. The van der Waals surface area contributed by atoms with Crippen molar-refractivity contribution < 1.29 is 0 Å². The van der Waals surface area contributed by atoms with Gasteiger partial charge in [-0.3, -0.25) is 0 Å². The van der Waals surface area contributed by atoms with E-state index in [-0.39, 0.29) is 6.04 Å². The SMILES string of the molecule is CCc1ccccc1C(N)c1sccc1C. The van der Waals surface area contributed by atoms with E-state index in [0.717, 1.165) is 6.42 Å². The van der Waals surface area contributed by atoms with Crippen molar-refractivity contribution in [1.29, 1.82) is 0 Å². The van der Waals surface area contributed by atoms with E-state index >= 15 is 0 Å². The molecule has 1 nitrogen and oxygen atoms in total. The summed E-state index contributed by atoms with van der Waals surface area (Å²) in [7, 11) is 0. The van der Waals surface area contributed by atoms with Gasteiger partial charge in [0, 0.05) is 4.88 Å². The molecule has 0 saturated heterocycles. The number of nitrogens with two attached hydrogens (primary N) is 1. The fraction of sp³-hybridized carbons (Fsp3) is 0.286. The van der Waals surface area contributed by atoms with E-state index in [2.05, 4.69) is 49.6 Å². The summed E-state index contributed by atoms with van der Waals surface area (Å²) in [5.41, 5.74) is 10.3. The van der Waals surface area contributed by atoms with E-state index in [9.17, 15) is 0 Å². The van der Waals surface area contributed by atoms with Crippen LogP contribution in [0.25, 0.3) is 0 Å². The number of aryl methyl sites for hydroxylation is 2. The Bertz CT molecular complexity index is 473. The summed E-state index contributed by atoms with van der Waals surface area (Å²) >= 11 is 1.75. The van der Waals surface area contributed by atoms with Gasteiger partial charge in [0.05, 0.1) is 6.04 Å². The number of benzene rings is 1. The lowest BCUT2D eigenvalue weighted by molar-refractivity contribution is 0.861. The van der Waals surface area contributed by atoms with Crippen LogP contribution < -0.4 is 5.73 Å². The fourth-order valence-electron chi connectivity index (χ4n) is 2.00. The highest BCUT2D eigenvalue weighted by Crippen LogP contribution is 2.29. The molecular weight excluding hydrogens is 214 g/mol. The number of rotatable bonds is 3. The van der Waals surface area contributed by atoms with Gasteiger partial charge in [0.25, 0.3) is 0 Å². The quantitative estimate of drug-likeness (QED) is 0.857. The summed E-state index contributed by atoms with van der Waals surface area (Å²) in [5, 5.41) is 2.11. The van der Waals surface area contributed by atoms with Gasteiger partial charge in [0.15, 0.2) is 0 Å². The van der Waals surface area contributed by atoms with Gasteiger partial charge in [0.2, 0.25) is 0 Å². The zero-order chi connectivity index (χ0) is 11.5. The molecule has 0 radical (unpaired) electrons. The average molecular weight is 231 g/mol. The molecule has 0 saturated carbocycles. The first-order chi connectivity index (χ1) is 7.74. The molecule has 1 heterocycles. The lowest BCUT2D eigenvalue weighted by Crippen LogP contribution is -2.13. The van der Waals surface area contributed by atoms with Gasteiger partial charge in [-0.25, -0.2) is 0 Å². The van der Waals surface area contributed by atoms with Crippen LogP contribution in [0.5, 0.6) is 0 Å². The average Bonchev–Trinajstić information content (AvgIpc) is 2.74. The van der Waals surface area contributed by atoms with Gasteiger partial charge >= 0.3 is 0 Å². The van der Waals surface area contributed by atoms with Crippen molar-refractivity contribution in [2.45, 2.75) is 26.3 Å². The highest BCUT2D eigenvalue weighted by molar-refractivity contribution is 7.10. The third kappa shape index (κ3) is 2.04. The third-order valence-corrected chi connectivity index (χ3v) is 4.06. The molecule has 2 aromatic rings. The highest BCUT2D eigenvalue weighted by atomic mass is 32.1. The Labute approximate surface area is 101 Å². The normalized spacial score (nSPS) is 12.7. The molecule has 0 bridgehead atoms. The molecule has 16 heavy (non-hydrogen) atoms. The molecule has 0 spiro atoms. The molecule has 2 rings (SSSR count). The summed E-state index contributed by atoms with van der Waals surface area (Å²) in [6.07, 6.45) is 1.04. The van der Waals surface area contributed by atoms with Crippen LogP contribution in [0.15, 0.2) is 35.7 Å². The number of hydrogen-bond acceptors (Lipinski definition) is 2. The Balaban J connectivity index is 2.41. The largest absolute Gasteiger partial charge is 0.320 e. The van der Waals surface area contributed by atoms with Gasteiger partial charge < -0.3 is 5.73 Å². The molecular formula is C14H17NS. The maximum absolute atomic E-state index is 6.35. The maximum atomic E-state index is 6.35. The van der Waals surface area contributed by atoms with Crippen LogP contribution >= 0.6 is 11.3 Å². The Morgan fingerprint density at radius 2 is 2.00 bits per heavy atom. The van der Waals surface area contributed by atoms with Gasteiger partial charge in [-0.15, -0.1) is 11.3 Å². The Morgan fingerprint density at radius 3 is 2.62 bits per heavy atom. The molecule has 2 heteroatoms. The summed E-state index contributed by atoms with van der Waals surface area (Å²) < 4.78 is 0. The predicted molar refractivity (Wildman–Crippen MR) is 70.9 cm³/mol. The van der Waals surface area contributed by atoms with Crippen molar-refractivity contribution in [3.05, 3.63) is 57.3 Å². The van der Waals surface area contributed by atoms with Crippen molar-refractivity contribution in [3.8, 4) is 0 Å². The molecule has 1 atom stereocenters. The second-order valence-electron chi connectivity index (χ2n) is 4.00. The van der Waals surface area contributed by atoms with Gasteiger partial charge in [-0.1, -0.05) is 31.2 Å². The zero-order valence-corrected chi connectivity index (χ0v) is 10.6. The van der Waals surface area contributed by atoms with E-state index in [1.54, 1.807) is 11.3 Å². The first-order valence-corrected chi connectivity index (χ1v) is 6.49. The van der Waals surface area contributed by atoms with Crippen LogP contribution in [0, 0.1) is 6.92 Å². The molecule has 1 aromatic heterocycles.